The number of benzene rings is 2. The van der Waals surface area contributed by atoms with Crippen LogP contribution >= 0.6 is 0 Å². The van der Waals surface area contributed by atoms with Gasteiger partial charge in [-0.05, 0) is 61.1 Å². The second-order valence-electron chi connectivity index (χ2n) is 11.8. The fraction of sp³-hybridized carbons (Fsp3) is 0.531. The van der Waals surface area contributed by atoms with Gasteiger partial charge in [0.2, 0.25) is 0 Å². The monoisotopic (exact) mass is 501 g/mol. The van der Waals surface area contributed by atoms with Gasteiger partial charge in [-0.15, -0.1) is 0 Å². The van der Waals surface area contributed by atoms with E-state index < -0.39 is 0 Å². The Morgan fingerprint density at radius 2 is 1.73 bits per heavy atom. The highest BCUT2D eigenvalue weighted by Crippen LogP contribution is 2.39. The molecule has 1 aromatic heterocycles. The van der Waals surface area contributed by atoms with Crippen LogP contribution < -0.4 is 4.74 Å². The lowest BCUT2D eigenvalue weighted by Crippen LogP contribution is -2.49. The van der Waals surface area contributed by atoms with E-state index >= 15 is 0 Å². The second kappa shape index (κ2) is 11.3. The Balaban J connectivity index is 1.31. The van der Waals surface area contributed by atoms with Gasteiger partial charge in [0.15, 0.2) is 0 Å². The lowest BCUT2D eigenvalue weighted by Gasteiger charge is -2.45. The van der Waals surface area contributed by atoms with Crippen molar-refractivity contribution in [2.24, 2.45) is 18.4 Å². The number of aryl methyl sites for hydroxylation is 2. The lowest BCUT2D eigenvalue weighted by atomic mass is 9.73. The van der Waals surface area contributed by atoms with Crippen molar-refractivity contribution in [1.29, 1.82) is 0 Å². The van der Waals surface area contributed by atoms with E-state index in [0.29, 0.717) is 5.92 Å². The molecule has 1 fully saturated rings. The van der Waals surface area contributed by atoms with Crippen molar-refractivity contribution in [3.8, 4) is 5.75 Å². The van der Waals surface area contributed by atoms with Crippen LogP contribution in [0.1, 0.15) is 61.9 Å². The van der Waals surface area contributed by atoms with Gasteiger partial charge in [-0.2, -0.15) is 0 Å². The second-order valence-corrected chi connectivity index (χ2v) is 11.8. The first-order valence-electron chi connectivity index (χ1n) is 14.2. The van der Waals surface area contributed by atoms with Crippen molar-refractivity contribution in [3.63, 3.8) is 0 Å². The van der Waals surface area contributed by atoms with Gasteiger partial charge in [-0.1, -0.05) is 56.7 Å². The minimum Gasteiger partial charge on any atom is -0.492 e. The van der Waals surface area contributed by atoms with Crippen LogP contribution in [0.15, 0.2) is 54.7 Å². The number of carbonyl (C=O) groups excluding carboxylic acids is 1. The number of carbonyl (C=O) groups is 1. The van der Waals surface area contributed by atoms with E-state index in [4.69, 9.17) is 4.74 Å². The minimum absolute atomic E-state index is 0.184. The lowest BCUT2D eigenvalue weighted by molar-refractivity contribution is 0.0356. The van der Waals surface area contributed by atoms with Crippen LogP contribution in [-0.2, 0) is 13.5 Å². The number of fused-ring (bicyclic) bond motifs is 2. The topological polar surface area (TPSA) is 37.7 Å². The van der Waals surface area contributed by atoms with Crippen LogP contribution in [0, 0.1) is 11.3 Å². The van der Waals surface area contributed by atoms with Gasteiger partial charge in [0, 0.05) is 56.9 Å². The summed E-state index contributed by atoms with van der Waals surface area (Å²) in [5, 5.41) is 1.06. The largest absolute Gasteiger partial charge is 0.492 e. The van der Waals surface area contributed by atoms with E-state index in [-0.39, 0.29) is 11.3 Å². The molecule has 0 N–H and O–H groups in total. The zero-order valence-corrected chi connectivity index (χ0v) is 22.9. The SMILES string of the molecule is CC(C)CN1CCOc2ccccc2CCCCC2(CCN(C(=O)c3cn(C)c4ccccc34)CC2)C1. The fourth-order valence-electron chi connectivity index (χ4n) is 6.53. The first-order chi connectivity index (χ1) is 17.9. The predicted octanol–water partition coefficient (Wildman–Crippen LogP) is 6.16. The van der Waals surface area contributed by atoms with Gasteiger partial charge in [-0.3, -0.25) is 9.69 Å². The highest BCUT2D eigenvalue weighted by molar-refractivity contribution is 6.07. The van der Waals surface area contributed by atoms with E-state index in [2.05, 4.69) is 64.6 Å². The van der Waals surface area contributed by atoms with Crippen molar-refractivity contribution in [2.45, 2.75) is 52.4 Å². The zero-order valence-electron chi connectivity index (χ0n) is 22.9. The highest BCUT2D eigenvalue weighted by atomic mass is 16.5. The predicted molar refractivity (Wildman–Crippen MR) is 151 cm³/mol. The molecule has 0 saturated carbocycles. The molecule has 1 spiro atoms. The molecule has 0 aliphatic carbocycles. The van der Waals surface area contributed by atoms with Gasteiger partial charge < -0.3 is 14.2 Å². The Kier molecular flexibility index (Phi) is 7.89. The molecule has 3 heterocycles. The third kappa shape index (κ3) is 5.87. The summed E-state index contributed by atoms with van der Waals surface area (Å²) < 4.78 is 8.36. The van der Waals surface area contributed by atoms with E-state index in [0.717, 1.165) is 80.8 Å². The Morgan fingerprint density at radius 1 is 0.973 bits per heavy atom. The summed E-state index contributed by atoms with van der Waals surface area (Å²) in [6, 6.07) is 16.8. The normalized spacial score (nSPS) is 19.3. The molecule has 2 aliphatic rings. The summed E-state index contributed by atoms with van der Waals surface area (Å²) in [5.41, 5.74) is 3.56. The van der Waals surface area contributed by atoms with Crippen LogP contribution in [-0.4, -0.2) is 59.6 Å². The molecule has 3 aromatic rings. The number of piperidine rings is 1. The van der Waals surface area contributed by atoms with Crippen LogP contribution in [0.4, 0.5) is 0 Å². The van der Waals surface area contributed by atoms with Gasteiger partial charge in [-0.25, -0.2) is 0 Å². The number of amides is 1. The molecule has 0 radical (unpaired) electrons. The maximum Gasteiger partial charge on any atom is 0.256 e. The van der Waals surface area contributed by atoms with Crippen LogP contribution in [0.5, 0.6) is 5.75 Å². The summed E-state index contributed by atoms with van der Waals surface area (Å²) in [6.45, 7) is 10.2. The number of aromatic nitrogens is 1. The molecular weight excluding hydrogens is 458 g/mol. The summed E-state index contributed by atoms with van der Waals surface area (Å²) in [6.07, 6.45) is 8.89. The maximum absolute atomic E-state index is 13.6. The quantitative estimate of drug-likeness (QED) is 0.431. The van der Waals surface area contributed by atoms with Crippen molar-refractivity contribution >= 4 is 16.8 Å². The average molecular weight is 502 g/mol. The molecule has 5 nitrogen and oxygen atoms in total. The Bertz CT molecular complexity index is 1210. The summed E-state index contributed by atoms with van der Waals surface area (Å²) in [4.78, 5) is 18.4. The molecule has 5 heteroatoms. The van der Waals surface area contributed by atoms with Gasteiger partial charge in [0.1, 0.15) is 12.4 Å². The van der Waals surface area contributed by atoms with E-state index in [1.54, 1.807) is 0 Å². The number of nitrogens with zero attached hydrogens (tertiary/aromatic N) is 3. The van der Waals surface area contributed by atoms with Crippen molar-refractivity contribution in [1.82, 2.24) is 14.4 Å². The van der Waals surface area contributed by atoms with Crippen molar-refractivity contribution in [2.75, 3.05) is 39.3 Å². The molecule has 1 saturated heterocycles. The Hall–Kier alpha value is -2.79. The van der Waals surface area contributed by atoms with Crippen molar-refractivity contribution in [3.05, 3.63) is 65.9 Å². The number of rotatable bonds is 3. The number of ether oxygens (including phenoxy) is 1. The zero-order chi connectivity index (χ0) is 25.8. The van der Waals surface area contributed by atoms with E-state index in [9.17, 15) is 4.79 Å². The van der Waals surface area contributed by atoms with E-state index in [1.165, 1.54) is 24.8 Å². The molecule has 0 unspecified atom stereocenters. The molecule has 0 bridgehead atoms. The Labute approximate surface area is 222 Å². The van der Waals surface area contributed by atoms with Gasteiger partial charge >= 0.3 is 0 Å². The molecule has 1 amide bonds. The number of hydrogen-bond donors (Lipinski definition) is 0. The third-order valence-corrected chi connectivity index (χ3v) is 8.46. The molecule has 0 atom stereocenters. The third-order valence-electron chi connectivity index (χ3n) is 8.46. The van der Waals surface area contributed by atoms with Crippen LogP contribution in [0.2, 0.25) is 0 Å². The minimum atomic E-state index is 0.184. The molecule has 198 valence electrons. The van der Waals surface area contributed by atoms with Crippen LogP contribution in [0.3, 0.4) is 0 Å². The Morgan fingerprint density at radius 3 is 2.54 bits per heavy atom. The molecule has 2 aromatic carbocycles. The summed E-state index contributed by atoms with van der Waals surface area (Å²) >= 11 is 0. The van der Waals surface area contributed by atoms with Crippen LogP contribution in [0.25, 0.3) is 10.9 Å². The molecule has 2 aliphatic heterocycles. The number of para-hydroxylation sites is 2. The molecule has 5 rings (SSSR count). The van der Waals surface area contributed by atoms with E-state index in [1.807, 2.05) is 25.4 Å². The van der Waals surface area contributed by atoms with Gasteiger partial charge in [0.05, 0.1) is 5.56 Å². The summed E-state index contributed by atoms with van der Waals surface area (Å²) in [5.74, 6) is 1.86. The number of likely N-dealkylation sites (tertiary alicyclic amines) is 1. The van der Waals surface area contributed by atoms with Crippen molar-refractivity contribution < 1.29 is 9.53 Å². The molecular formula is C32H43N3O2. The summed E-state index contributed by atoms with van der Waals surface area (Å²) in [7, 11) is 2.03. The highest BCUT2D eigenvalue weighted by Gasteiger charge is 2.37. The van der Waals surface area contributed by atoms with Gasteiger partial charge in [0.25, 0.3) is 5.91 Å². The first-order valence-corrected chi connectivity index (χ1v) is 14.2. The average Bonchev–Trinajstić information content (AvgIpc) is 3.23. The molecule has 37 heavy (non-hydrogen) atoms. The smallest absolute Gasteiger partial charge is 0.256 e. The first kappa shape index (κ1) is 25.8. The number of hydrogen-bond acceptors (Lipinski definition) is 3. The maximum atomic E-state index is 13.6. The fourth-order valence-corrected chi connectivity index (χ4v) is 6.53. The standard InChI is InChI=1S/C32H43N3O2/c1-25(2)22-34-20-21-37-30-14-7-4-10-26(30)11-8-9-15-32(24-34)16-18-35(19-17-32)31(36)28-23-33(3)29-13-6-5-12-27(28)29/h4-7,10,12-14,23,25H,8-9,11,15-22,24H2,1-3H3.